The molecule has 1 heterocycles. The van der Waals surface area contributed by atoms with Crippen molar-refractivity contribution in [3.63, 3.8) is 0 Å². The molecule has 1 aromatic carbocycles. The van der Waals surface area contributed by atoms with Gasteiger partial charge >= 0.3 is 0 Å². The Bertz CT molecular complexity index is 611. The van der Waals surface area contributed by atoms with Crippen LogP contribution in [0.2, 0.25) is 0 Å². The highest BCUT2D eigenvalue weighted by Gasteiger charge is 2.17. The van der Waals surface area contributed by atoms with Crippen molar-refractivity contribution in [2.75, 3.05) is 13.7 Å². The van der Waals surface area contributed by atoms with Gasteiger partial charge in [-0.25, -0.2) is 0 Å². The SMILES string of the molecule is CCNCc1nnc(-c2ccc([N+](=O)[O-])cc2OC)o1. The number of nitrogens with one attached hydrogen (secondary N) is 1. The lowest BCUT2D eigenvalue weighted by Gasteiger charge is -2.04. The predicted molar refractivity (Wildman–Crippen MR) is 70.3 cm³/mol. The van der Waals surface area contributed by atoms with Gasteiger partial charge in [-0.1, -0.05) is 6.92 Å². The molecule has 0 aliphatic heterocycles. The number of hydrogen-bond acceptors (Lipinski definition) is 7. The lowest BCUT2D eigenvalue weighted by molar-refractivity contribution is -0.384. The number of nitro groups is 1. The summed E-state index contributed by atoms with van der Waals surface area (Å²) in [6, 6.07) is 4.22. The van der Waals surface area contributed by atoms with Crippen molar-refractivity contribution in [2.24, 2.45) is 0 Å². The summed E-state index contributed by atoms with van der Waals surface area (Å²) in [5, 5.41) is 21.6. The van der Waals surface area contributed by atoms with Crippen LogP contribution >= 0.6 is 0 Å². The Morgan fingerprint density at radius 1 is 1.45 bits per heavy atom. The van der Waals surface area contributed by atoms with Crippen LogP contribution < -0.4 is 10.1 Å². The van der Waals surface area contributed by atoms with Gasteiger partial charge in [0.1, 0.15) is 5.75 Å². The molecule has 0 radical (unpaired) electrons. The highest BCUT2D eigenvalue weighted by atomic mass is 16.6. The van der Waals surface area contributed by atoms with E-state index in [9.17, 15) is 10.1 Å². The molecule has 0 amide bonds. The fourth-order valence-corrected chi connectivity index (χ4v) is 1.64. The summed E-state index contributed by atoms with van der Waals surface area (Å²) < 4.78 is 10.6. The third kappa shape index (κ3) is 2.91. The van der Waals surface area contributed by atoms with Crippen LogP contribution in [0.3, 0.4) is 0 Å². The highest BCUT2D eigenvalue weighted by molar-refractivity contribution is 5.65. The molecule has 8 heteroatoms. The van der Waals surface area contributed by atoms with Crippen molar-refractivity contribution < 1.29 is 14.1 Å². The summed E-state index contributed by atoms with van der Waals surface area (Å²) in [7, 11) is 1.43. The predicted octanol–water partition coefficient (Wildman–Crippen LogP) is 1.76. The minimum atomic E-state index is -0.489. The number of methoxy groups -OCH3 is 1. The maximum atomic E-state index is 10.7. The number of non-ortho nitro benzene ring substituents is 1. The molecule has 106 valence electrons. The average molecular weight is 278 g/mol. The number of benzene rings is 1. The van der Waals surface area contributed by atoms with Crippen molar-refractivity contribution in [1.29, 1.82) is 0 Å². The zero-order valence-electron chi connectivity index (χ0n) is 11.1. The topological polar surface area (TPSA) is 103 Å². The van der Waals surface area contributed by atoms with Crippen LogP contribution in [-0.2, 0) is 6.54 Å². The van der Waals surface area contributed by atoms with Gasteiger partial charge in [0.25, 0.3) is 11.6 Å². The number of ether oxygens (including phenoxy) is 1. The zero-order valence-corrected chi connectivity index (χ0v) is 11.1. The quantitative estimate of drug-likeness (QED) is 0.634. The molecule has 0 aliphatic rings. The van der Waals surface area contributed by atoms with Crippen molar-refractivity contribution in [1.82, 2.24) is 15.5 Å². The average Bonchev–Trinajstić information content (AvgIpc) is 2.92. The highest BCUT2D eigenvalue weighted by Crippen LogP contribution is 2.32. The van der Waals surface area contributed by atoms with Gasteiger partial charge in [-0.05, 0) is 12.6 Å². The first-order chi connectivity index (χ1) is 9.65. The van der Waals surface area contributed by atoms with Crippen LogP contribution in [0, 0.1) is 10.1 Å². The fourth-order valence-electron chi connectivity index (χ4n) is 1.64. The Morgan fingerprint density at radius 2 is 2.25 bits per heavy atom. The van der Waals surface area contributed by atoms with Crippen LogP contribution in [0.5, 0.6) is 5.75 Å². The second kappa shape index (κ2) is 6.11. The molecule has 0 fully saturated rings. The number of aromatic nitrogens is 2. The summed E-state index contributed by atoms with van der Waals surface area (Å²) >= 11 is 0. The van der Waals surface area contributed by atoms with Crippen LogP contribution in [0.4, 0.5) is 5.69 Å². The molecule has 0 unspecified atom stereocenters. The van der Waals surface area contributed by atoms with Crippen molar-refractivity contribution in [2.45, 2.75) is 13.5 Å². The Hall–Kier alpha value is -2.48. The van der Waals surface area contributed by atoms with E-state index in [1.165, 1.54) is 25.3 Å². The minimum absolute atomic E-state index is 0.0574. The smallest absolute Gasteiger partial charge is 0.273 e. The van der Waals surface area contributed by atoms with E-state index < -0.39 is 4.92 Å². The van der Waals surface area contributed by atoms with E-state index in [1.807, 2.05) is 6.92 Å². The molecule has 0 atom stereocenters. The van der Waals surface area contributed by atoms with Crippen LogP contribution in [0.25, 0.3) is 11.5 Å². The molecule has 0 spiro atoms. The number of nitro benzene ring substituents is 1. The second-order valence-corrected chi connectivity index (χ2v) is 3.92. The van der Waals surface area contributed by atoms with E-state index in [1.54, 1.807) is 0 Å². The van der Waals surface area contributed by atoms with Crippen molar-refractivity contribution >= 4 is 5.69 Å². The van der Waals surface area contributed by atoms with E-state index >= 15 is 0 Å². The van der Waals surface area contributed by atoms with Gasteiger partial charge in [0.05, 0.1) is 30.2 Å². The normalized spacial score (nSPS) is 10.5. The standard InChI is InChI=1S/C12H14N4O4/c1-3-13-7-11-14-15-12(20-11)9-5-4-8(16(17)18)6-10(9)19-2/h4-6,13H,3,7H2,1-2H3. The molecule has 1 aromatic heterocycles. The molecule has 0 aliphatic carbocycles. The first-order valence-corrected chi connectivity index (χ1v) is 6.01. The first kappa shape index (κ1) is 13.9. The third-order valence-corrected chi connectivity index (χ3v) is 2.62. The minimum Gasteiger partial charge on any atom is -0.496 e. The van der Waals surface area contributed by atoms with E-state index in [2.05, 4.69) is 15.5 Å². The van der Waals surface area contributed by atoms with E-state index in [0.29, 0.717) is 23.7 Å². The van der Waals surface area contributed by atoms with Crippen molar-refractivity contribution in [3.05, 3.63) is 34.2 Å². The molecular formula is C12H14N4O4. The van der Waals surface area contributed by atoms with Crippen molar-refractivity contribution in [3.8, 4) is 17.2 Å². The van der Waals surface area contributed by atoms with Gasteiger partial charge in [0.2, 0.25) is 5.89 Å². The number of rotatable bonds is 6. The molecule has 1 N–H and O–H groups in total. The molecule has 2 aromatic rings. The van der Waals surface area contributed by atoms with Crippen LogP contribution in [-0.4, -0.2) is 28.8 Å². The molecular weight excluding hydrogens is 264 g/mol. The summed E-state index contributed by atoms with van der Waals surface area (Å²) in [6.45, 7) is 3.23. The molecule has 8 nitrogen and oxygen atoms in total. The van der Waals surface area contributed by atoms with Gasteiger partial charge in [-0.3, -0.25) is 10.1 Å². The van der Waals surface area contributed by atoms with E-state index in [-0.39, 0.29) is 11.6 Å². The summed E-state index contributed by atoms with van der Waals surface area (Å²) in [5.74, 6) is 1.03. The van der Waals surface area contributed by atoms with Gasteiger partial charge < -0.3 is 14.5 Å². The zero-order chi connectivity index (χ0) is 14.5. The molecule has 20 heavy (non-hydrogen) atoms. The Labute approximate surface area is 114 Å². The lowest BCUT2D eigenvalue weighted by atomic mass is 10.2. The van der Waals surface area contributed by atoms with Crippen LogP contribution in [0.1, 0.15) is 12.8 Å². The first-order valence-electron chi connectivity index (χ1n) is 6.01. The maximum Gasteiger partial charge on any atom is 0.273 e. The van der Waals surface area contributed by atoms with Crippen LogP contribution in [0.15, 0.2) is 22.6 Å². The maximum absolute atomic E-state index is 10.7. The van der Waals surface area contributed by atoms with Gasteiger partial charge in [-0.15, -0.1) is 10.2 Å². The van der Waals surface area contributed by atoms with E-state index in [0.717, 1.165) is 6.54 Å². The monoisotopic (exact) mass is 278 g/mol. The van der Waals surface area contributed by atoms with E-state index in [4.69, 9.17) is 9.15 Å². The Balaban J connectivity index is 2.32. The number of nitrogens with zero attached hydrogens (tertiary/aromatic N) is 3. The fraction of sp³-hybridized carbons (Fsp3) is 0.333. The summed E-state index contributed by atoms with van der Waals surface area (Å²) in [6.07, 6.45) is 0. The summed E-state index contributed by atoms with van der Waals surface area (Å²) in [5.41, 5.74) is 0.464. The lowest BCUT2D eigenvalue weighted by Crippen LogP contribution is -2.11. The molecule has 0 bridgehead atoms. The third-order valence-electron chi connectivity index (χ3n) is 2.62. The summed E-state index contributed by atoms with van der Waals surface area (Å²) in [4.78, 5) is 10.2. The molecule has 0 saturated carbocycles. The molecule has 2 rings (SSSR count). The number of hydrogen-bond donors (Lipinski definition) is 1. The van der Waals surface area contributed by atoms with Gasteiger partial charge in [0.15, 0.2) is 0 Å². The second-order valence-electron chi connectivity index (χ2n) is 3.92. The Morgan fingerprint density at radius 3 is 2.90 bits per heavy atom. The Kier molecular flexibility index (Phi) is 4.26. The van der Waals surface area contributed by atoms with Gasteiger partial charge in [0, 0.05) is 6.07 Å². The largest absolute Gasteiger partial charge is 0.496 e. The van der Waals surface area contributed by atoms with Gasteiger partial charge in [-0.2, -0.15) is 0 Å². The molecule has 0 saturated heterocycles.